The zero-order valence-corrected chi connectivity index (χ0v) is 13.1. The number of carboxylic acid groups (broad SMARTS) is 1. The average Bonchev–Trinajstić information content (AvgIpc) is 2.64. The molecule has 0 bridgehead atoms. The van der Waals surface area contributed by atoms with Crippen molar-refractivity contribution in [1.82, 2.24) is 4.98 Å². The van der Waals surface area contributed by atoms with E-state index in [-0.39, 0.29) is 5.69 Å². The van der Waals surface area contributed by atoms with E-state index in [0.717, 1.165) is 25.9 Å². The Hall–Kier alpha value is -1.78. The quantitative estimate of drug-likeness (QED) is 0.875. The van der Waals surface area contributed by atoms with Gasteiger partial charge in [-0.25, -0.2) is 9.78 Å². The number of nitrogens with zero attached hydrogens (tertiary/aromatic N) is 2. The Kier molecular flexibility index (Phi) is 4.40. The molecule has 0 aromatic carbocycles. The van der Waals surface area contributed by atoms with Crippen molar-refractivity contribution < 1.29 is 9.90 Å². The Morgan fingerprint density at radius 2 is 2.05 bits per heavy atom. The molecule has 0 amide bonds. The standard InChI is InChI=1S/C16H25N3O2/c1-16(2,3)11-5-4-9-19(10-8-11)14-12(17)6-7-13(18-14)15(20)21/h6-7,11H,4-5,8-10,17H2,1-3H3,(H,20,21). The predicted molar refractivity (Wildman–Crippen MR) is 84.6 cm³/mol. The molecule has 0 saturated carbocycles. The molecule has 0 spiro atoms. The molecule has 21 heavy (non-hydrogen) atoms. The highest BCUT2D eigenvalue weighted by molar-refractivity contribution is 5.87. The summed E-state index contributed by atoms with van der Waals surface area (Å²) >= 11 is 0. The number of carboxylic acids is 1. The van der Waals surface area contributed by atoms with Gasteiger partial charge in [0.2, 0.25) is 0 Å². The molecule has 1 aliphatic rings. The summed E-state index contributed by atoms with van der Waals surface area (Å²) in [5.41, 5.74) is 6.90. The number of hydrogen-bond acceptors (Lipinski definition) is 4. The Labute approximate surface area is 126 Å². The highest BCUT2D eigenvalue weighted by Gasteiger charge is 2.28. The van der Waals surface area contributed by atoms with Gasteiger partial charge in [-0.2, -0.15) is 0 Å². The lowest BCUT2D eigenvalue weighted by Gasteiger charge is -2.30. The fraction of sp³-hybridized carbons (Fsp3) is 0.625. The topological polar surface area (TPSA) is 79.5 Å². The van der Waals surface area contributed by atoms with Crippen LogP contribution in [0, 0.1) is 11.3 Å². The summed E-state index contributed by atoms with van der Waals surface area (Å²) in [6, 6.07) is 3.09. The summed E-state index contributed by atoms with van der Waals surface area (Å²) in [6.07, 6.45) is 3.36. The number of nitrogens with two attached hydrogens (primary N) is 1. The molecule has 1 aromatic heterocycles. The third-order valence-corrected chi connectivity index (χ3v) is 4.38. The van der Waals surface area contributed by atoms with Crippen LogP contribution < -0.4 is 10.6 Å². The molecule has 3 N–H and O–H groups in total. The highest BCUT2D eigenvalue weighted by Crippen LogP contribution is 2.35. The second-order valence-electron chi connectivity index (χ2n) is 6.90. The van der Waals surface area contributed by atoms with Crippen molar-refractivity contribution >= 4 is 17.5 Å². The first-order valence-corrected chi connectivity index (χ1v) is 7.54. The van der Waals surface area contributed by atoms with Crippen LogP contribution in [0.15, 0.2) is 12.1 Å². The lowest BCUT2D eigenvalue weighted by Crippen LogP contribution is -2.28. The highest BCUT2D eigenvalue weighted by atomic mass is 16.4. The van der Waals surface area contributed by atoms with Crippen LogP contribution in [0.25, 0.3) is 0 Å². The van der Waals surface area contributed by atoms with E-state index < -0.39 is 5.97 Å². The van der Waals surface area contributed by atoms with Gasteiger partial charge in [0.25, 0.3) is 0 Å². The molecule has 1 aliphatic heterocycles. The maximum absolute atomic E-state index is 11.1. The van der Waals surface area contributed by atoms with Gasteiger partial charge in [0, 0.05) is 13.1 Å². The number of hydrogen-bond donors (Lipinski definition) is 2. The summed E-state index contributed by atoms with van der Waals surface area (Å²) in [4.78, 5) is 17.4. The summed E-state index contributed by atoms with van der Waals surface area (Å²) in [5.74, 6) is 0.273. The number of nitrogen functional groups attached to an aromatic ring is 1. The molecule has 1 aromatic rings. The first kappa shape index (κ1) is 15.6. The van der Waals surface area contributed by atoms with Crippen LogP contribution in [-0.2, 0) is 0 Å². The molecule has 0 aliphatic carbocycles. The number of carbonyl (C=O) groups is 1. The largest absolute Gasteiger partial charge is 0.477 e. The van der Waals surface area contributed by atoms with E-state index >= 15 is 0 Å². The van der Waals surface area contributed by atoms with E-state index in [1.54, 1.807) is 6.07 Å². The van der Waals surface area contributed by atoms with Crippen molar-refractivity contribution in [1.29, 1.82) is 0 Å². The van der Waals surface area contributed by atoms with E-state index in [4.69, 9.17) is 10.8 Å². The zero-order chi connectivity index (χ0) is 15.6. The summed E-state index contributed by atoms with van der Waals surface area (Å²) in [6.45, 7) is 8.61. The molecule has 2 heterocycles. The first-order valence-electron chi connectivity index (χ1n) is 7.54. The smallest absolute Gasteiger partial charge is 0.354 e. The third-order valence-electron chi connectivity index (χ3n) is 4.38. The van der Waals surface area contributed by atoms with Gasteiger partial charge in [-0.05, 0) is 42.7 Å². The molecule has 2 rings (SSSR count). The minimum Gasteiger partial charge on any atom is -0.477 e. The molecule has 5 heteroatoms. The number of rotatable bonds is 2. The van der Waals surface area contributed by atoms with Crippen LogP contribution in [-0.4, -0.2) is 29.1 Å². The van der Waals surface area contributed by atoms with E-state index in [0.29, 0.717) is 22.8 Å². The normalized spacial score (nSPS) is 20.1. The first-order chi connectivity index (χ1) is 9.79. The fourth-order valence-electron chi connectivity index (χ4n) is 3.01. The fourth-order valence-corrected chi connectivity index (χ4v) is 3.01. The molecular formula is C16H25N3O2. The van der Waals surface area contributed by atoms with Gasteiger partial charge in [-0.1, -0.05) is 20.8 Å². The second-order valence-corrected chi connectivity index (χ2v) is 6.90. The van der Waals surface area contributed by atoms with E-state index in [9.17, 15) is 4.79 Å². The number of pyridine rings is 1. The molecule has 5 nitrogen and oxygen atoms in total. The average molecular weight is 291 g/mol. The van der Waals surface area contributed by atoms with Gasteiger partial charge in [-0.3, -0.25) is 0 Å². The van der Waals surface area contributed by atoms with Crippen LogP contribution in [0.4, 0.5) is 11.5 Å². The van der Waals surface area contributed by atoms with Crippen molar-refractivity contribution in [3.05, 3.63) is 17.8 Å². The van der Waals surface area contributed by atoms with E-state index in [2.05, 4.69) is 30.7 Å². The SMILES string of the molecule is CC(C)(C)C1CCCN(c2nc(C(=O)O)ccc2N)CC1. The maximum Gasteiger partial charge on any atom is 0.354 e. The minimum absolute atomic E-state index is 0.0517. The van der Waals surface area contributed by atoms with Crippen molar-refractivity contribution in [3.63, 3.8) is 0 Å². The molecule has 1 saturated heterocycles. The summed E-state index contributed by atoms with van der Waals surface area (Å²) in [5, 5.41) is 9.08. The second kappa shape index (κ2) is 5.92. The minimum atomic E-state index is -1.02. The molecule has 1 fully saturated rings. The van der Waals surface area contributed by atoms with Gasteiger partial charge in [-0.15, -0.1) is 0 Å². The molecule has 0 radical (unpaired) electrons. The van der Waals surface area contributed by atoms with Crippen LogP contribution in [0.3, 0.4) is 0 Å². The lowest BCUT2D eigenvalue weighted by molar-refractivity contribution is 0.0690. The van der Waals surface area contributed by atoms with Gasteiger partial charge >= 0.3 is 5.97 Å². The van der Waals surface area contributed by atoms with Gasteiger partial charge < -0.3 is 15.7 Å². The lowest BCUT2D eigenvalue weighted by atomic mass is 9.77. The van der Waals surface area contributed by atoms with Gasteiger partial charge in [0.05, 0.1) is 5.69 Å². The number of aromatic nitrogens is 1. The van der Waals surface area contributed by atoms with Gasteiger partial charge in [0.1, 0.15) is 0 Å². The van der Waals surface area contributed by atoms with Crippen LogP contribution >= 0.6 is 0 Å². The van der Waals surface area contributed by atoms with Crippen LogP contribution in [0.2, 0.25) is 0 Å². The monoisotopic (exact) mass is 291 g/mol. The van der Waals surface area contributed by atoms with Crippen molar-refractivity contribution in [3.8, 4) is 0 Å². The Balaban J connectivity index is 2.19. The summed E-state index contributed by atoms with van der Waals surface area (Å²) in [7, 11) is 0. The predicted octanol–water partition coefficient (Wildman–Crippen LogP) is 3.01. The molecular weight excluding hydrogens is 266 g/mol. The molecule has 1 unspecified atom stereocenters. The molecule has 1 atom stereocenters. The van der Waals surface area contributed by atoms with Crippen LogP contribution in [0.5, 0.6) is 0 Å². The van der Waals surface area contributed by atoms with Crippen molar-refractivity contribution in [2.24, 2.45) is 11.3 Å². The Morgan fingerprint density at radius 1 is 1.33 bits per heavy atom. The number of aromatic carboxylic acids is 1. The van der Waals surface area contributed by atoms with Crippen LogP contribution in [0.1, 0.15) is 50.5 Å². The Morgan fingerprint density at radius 3 is 2.67 bits per heavy atom. The van der Waals surface area contributed by atoms with Crippen molar-refractivity contribution in [2.75, 3.05) is 23.7 Å². The molecule has 116 valence electrons. The van der Waals surface area contributed by atoms with E-state index in [1.165, 1.54) is 12.5 Å². The zero-order valence-electron chi connectivity index (χ0n) is 13.1. The van der Waals surface area contributed by atoms with Crippen molar-refractivity contribution in [2.45, 2.75) is 40.0 Å². The summed E-state index contributed by atoms with van der Waals surface area (Å²) < 4.78 is 0. The van der Waals surface area contributed by atoms with Gasteiger partial charge in [0.15, 0.2) is 11.5 Å². The Bertz CT molecular complexity index is 523. The third kappa shape index (κ3) is 3.65. The van der Waals surface area contributed by atoms with E-state index in [1.807, 2.05) is 0 Å². The number of anilines is 2. The maximum atomic E-state index is 11.1.